The van der Waals surface area contributed by atoms with E-state index in [0.717, 1.165) is 35.3 Å². The number of sulfonamides is 1. The summed E-state index contributed by atoms with van der Waals surface area (Å²) in [5, 5.41) is 2.87. The molecule has 1 aromatic carbocycles. The maximum atomic E-state index is 12.9. The summed E-state index contributed by atoms with van der Waals surface area (Å²) < 4.78 is 27.3. The maximum Gasteiger partial charge on any atom is 0.265 e. The molecule has 2 aromatic rings. The molecule has 1 aromatic heterocycles. The number of amides is 1. The number of aryl methyl sites for hydroxylation is 3. The number of carbonyl (C=O) groups is 1. The summed E-state index contributed by atoms with van der Waals surface area (Å²) >= 11 is 1.44. The second kappa shape index (κ2) is 7.50. The second-order valence-corrected chi connectivity index (χ2v) is 9.94. The third-order valence-electron chi connectivity index (χ3n) is 4.80. The van der Waals surface area contributed by atoms with E-state index in [1.54, 1.807) is 22.5 Å². The first-order chi connectivity index (χ1) is 12.3. The topological polar surface area (TPSA) is 66.5 Å². The van der Waals surface area contributed by atoms with E-state index in [2.05, 4.69) is 5.32 Å². The van der Waals surface area contributed by atoms with Gasteiger partial charge in [0.2, 0.25) is 10.0 Å². The van der Waals surface area contributed by atoms with Gasteiger partial charge in [0.25, 0.3) is 5.91 Å². The average Bonchev–Trinajstić information content (AvgIpc) is 2.96. The Morgan fingerprint density at radius 2 is 1.73 bits per heavy atom. The van der Waals surface area contributed by atoms with Crippen LogP contribution in [-0.4, -0.2) is 31.7 Å². The van der Waals surface area contributed by atoms with Crippen molar-refractivity contribution in [3.63, 3.8) is 0 Å². The molecule has 26 heavy (non-hydrogen) atoms. The van der Waals surface area contributed by atoms with Gasteiger partial charge in [0.15, 0.2) is 0 Å². The number of nitrogens with one attached hydrogen (secondary N) is 1. The van der Waals surface area contributed by atoms with Gasteiger partial charge in [-0.15, -0.1) is 11.3 Å². The Balaban J connectivity index is 1.86. The van der Waals surface area contributed by atoms with E-state index in [-0.39, 0.29) is 10.8 Å². The summed E-state index contributed by atoms with van der Waals surface area (Å²) in [5.41, 5.74) is 2.45. The molecule has 0 radical (unpaired) electrons. The molecule has 7 heteroatoms. The number of benzene rings is 1. The molecule has 0 atom stereocenters. The molecule has 2 heterocycles. The van der Waals surface area contributed by atoms with Gasteiger partial charge in [-0.1, -0.05) is 12.5 Å². The van der Waals surface area contributed by atoms with E-state index in [9.17, 15) is 13.2 Å². The number of thiophene rings is 1. The number of rotatable bonds is 4. The largest absolute Gasteiger partial charge is 0.321 e. The normalized spacial score (nSPS) is 15.8. The molecule has 1 fully saturated rings. The van der Waals surface area contributed by atoms with Crippen LogP contribution in [0.2, 0.25) is 0 Å². The number of hydrogen-bond donors (Lipinski definition) is 1. The quantitative estimate of drug-likeness (QED) is 0.852. The van der Waals surface area contributed by atoms with Crippen LogP contribution >= 0.6 is 11.3 Å². The first-order valence-electron chi connectivity index (χ1n) is 8.78. The minimum absolute atomic E-state index is 0.207. The van der Waals surface area contributed by atoms with Gasteiger partial charge in [-0.2, -0.15) is 4.31 Å². The van der Waals surface area contributed by atoms with Gasteiger partial charge >= 0.3 is 0 Å². The number of hydrogen-bond acceptors (Lipinski definition) is 4. The van der Waals surface area contributed by atoms with E-state index < -0.39 is 10.0 Å². The third-order valence-corrected chi connectivity index (χ3v) is 7.85. The van der Waals surface area contributed by atoms with Gasteiger partial charge in [0.05, 0.1) is 9.77 Å². The Bertz CT molecular complexity index is 907. The van der Waals surface area contributed by atoms with E-state index in [0.29, 0.717) is 23.7 Å². The molecule has 0 spiro atoms. The summed E-state index contributed by atoms with van der Waals surface area (Å²) in [6.45, 7) is 6.93. The van der Waals surface area contributed by atoms with Crippen LogP contribution in [-0.2, 0) is 10.0 Å². The fourth-order valence-corrected chi connectivity index (χ4v) is 5.49. The van der Waals surface area contributed by atoms with Crippen LogP contribution in [0, 0.1) is 20.8 Å². The van der Waals surface area contributed by atoms with Crippen LogP contribution < -0.4 is 5.32 Å². The van der Waals surface area contributed by atoms with Gasteiger partial charge in [-0.3, -0.25) is 4.79 Å². The van der Waals surface area contributed by atoms with Gasteiger partial charge in [-0.25, -0.2) is 8.42 Å². The molecule has 1 aliphatic heterocycles. The predicted molar refractivity (Wildman–Crippen MR) is 106 cm³/mol. The highest BCUT2D eigenvalue weighted by molar-refractivity contribution is 7.89. The fraction of sp³-hybridized carbons (Fsp3) is 0.421. The molecule has 1 saturated heterocycles. The lowest BCUT2D eigenvalue weighted by Gasteiger charge is -2.26. The Labute approximate surface area is 159 Å². The molecule has 1 N–H and O–H groups in total. The van der Waals surface area contributed by atoms with Crippen LogP contribution in [0.25, 0.3) is 0 Å². The first-order valence-corrected chi connectivity index (χ1v) is 11.0. The van der Waals surface area contributed by atoms with E-state index in [1.165, 1.54) is 11.3 Å². The highest BCUT2D eigenvalue weighted by Crippen LogP contribution is 2.27. The highest BCUT2D eigenvalue weighted by Gasteiger charge is 2.26. The molecule has 0 unspecified atom stereocenters. The Kier molecular flexibility index (Phi) is 5.50. The van der Waals surface area contributed by atoms with E-state index >= 15 is 0 Å². The molecule has 1 amide bonds. The van der Waals surface area contributed by atoms with Gasteiger partial charge in [-0.05, 0) is 62.9 Å². The minimum atomic E-state index is -3.52. The van der Waals surface area contributed by atoms with E-state index in [1.807, 2.05) is 26.8 Å². The lowest BCUT2D eigenvalue weighted by Crippen LogP contribution is -2.35. The average molecular weight is 393 g/mol. The minimum Gasteiger partial charge on any atom is -0.321 e. The van der Waals surface area contributed by atoms with Crippen LogP contribution in [0.1, 0.15) is 44.9 Å². The van der Waals surface area contributed by atoms with Crippen molar-refractivity contribution in [2.45, 2.75) is 44.9 Å². The zero-order chi connectivity index (χ0) is 18.9. The van der Waals surface area contributed by atoms with Gasteiger partial charge < -0.3 is 5.32 Å². The number of nitrogens with zero attached hydrogens (tertiary/aromatic N) is 1. The standard InChI is InChI=1S/C19H24N2O3S2/c1-13-7-8-16(26(23,24)21-9-5-4-6-10-21)12-17(13)20-19(22)18-11-14(2)15(3)25-18/h7-8,11-12H,4-6,9-10H2,1-3H3,(H,20,22). The van der Waals surface area contributed by atoms with Crippen molar-refractivity contribution in [2.75, 3.05) is 18.4 Å². The lowest BCUT2D eigenvalue weighted by molar-refractivity contribution is 0.103. The molecule has 1 aliphatic rings. The van der Waals surface area contributed by atoms with Crippen molar-refractivity contribution in [1.29, 1.82) is 0 Å². The maximum absolute atomic E-state index is 12.9. The molecule has 0 bridgehead atoms. The van der Waals surface area contributed by atoms with Gasteiger partial charge in [0.1, 0.15) is 0 Å². The molecule has 3 rings (SSSR count). The van der Waals surface area contributed by atoms with Crippen molar-refractivity contribution in [2.24, 2.45) is 0 Å². The highest BCUT2D eigenvalue weighted by atomic mass is 32.2. The Morgan fingerprint density at radius 3 is 2.35 bits per heavy atom. The summed E-state index contributed by atoms with van der Waals surface area (Å²) in [6.07, 6.45) is 2.86. The zero-order valence-corrected chi connectivity index (χ0v) is 17.0. The van der Waals surface area contributed by atoms with Gasteiger partial charge in [0, 0.05) is 23.7 Å². The molecule has 0 saturated carbocycles. The van der Waals surface area contributed by atoms with Crippen molar-refractivity contribution < 1.29 is 13.2 Å². The fourth-order valence-electron chi connectivity index (χ4n) is 3.02. The molecule has 0 aliphatic carbocycles. The van der Waals surface area contributed by atoms with Crippen molar-refractivity contribution in [1.82, 2.24) is 4.31 Å². The molecular weight excluding hydrogens is 368 g/mol. The molecule has 5 nitrogen and oxygen atoms in total. The lowest BCUT2D eigenvalue weighted by atomic mass is 10.2. The summed E-state index contributed by atoms with van der Waals surface area (Å²) in [6, 6.07) is 6.80. The summed E-state index contributed by atoms with van der Waals surface area (Å²) in [7, 11) is -3.52. The second-order valence-electron chi connectivity index (χ2n) is 6.75. The predicted octanol–water partition coefficient (Wildman–Crippen LogP) is 4.10. The van der Waals surface area contributed by atoms with Crippen LogP contribution in [0.5, 0.6) is 0 Å². The van der Waals surface area contributed by atoms with Crippen molar-refractivity contribution in [3.8, 4) is 0 Å². The first kappa shape index (κ1) is 19.1. The zero-order valence-electron chi connectivity index (χ0n) is 15.3. The van der Waals surface area contributed by atoms with Crippen LogP contribution in [0.3, 0.4) is 0 Å². The SMILES string of the molecule is Cc1ccc(S(=O)(=O)N2CCCCC2)cc1NC(=O)c1cc(C)c(C)s1. The Morgan fingerprint density at radius 1 is 1.04 bits per heavy atom. The van der Waals surface area contributed by atoms with E-state index in [4.69, 9.17) is 0 Å². The van der Waals surface area contributed by atoms with Crippen LogP contribution in [0.4, 0.5) is 5.69 Å². The number of carbonyl (C=O) groups excluding carboxylic acids is 1. The Hall–Kier alpha value is -1.70. The summed E-state index contributed by atoms with van der Waals surface area (Å²) in [4.78, 5) is 14.5. The smallest absolute Gasteiger partial charge is 0.265 e. The number of anilines is 1. The van der Waals surface area contributed by atoms with Crippen molar-refractivity contribution in [3.05, 3.63) is 45.1 Å². The monoisotopic (exact) mass is 392 g/mol. The summed E-state index contributed by atoms with van der Waals surface area (Å²) in [5.74, 6) is -0.207. The third kappa shape index (κ3) is 3.84. The number of piperidine rings is 1. The molecule has 140 valence electrons. The molecular formula is C19H24N2O3S2. The van der Waals surface area contributed by atoms with Crippen LogP contribution in [0.15, 0.2) is 29.2 Å². The van der Waals surface area contributed by atoms with Crippen molar-refractivity contribution >= 4 is 33.0 Å².